The van der Waals surface area contributed by atoms with E-state index in [2.05, 4.69) is 4.74 Å². The van der Waals surface area contributed by atoms with E-state index in [9.17, 15) is 18.3 Å². The molecule has 1 N–H and O–H groups in total. The summed E-state index contributed by atoms with van der Waals surface area (Å²) in [4.78, 5) is 0. The molecule has 19 heavy (non-hydrogen) atoms. The number of aliphatic hydroxyl groups excluding tert-OH is 1. The summed E-state index contributed by atoms with van der Waals surface area (Å²) >= 11 is 0. The van der Waals surface area contributed by atoms with Crippen molar-refractivity contribution in [2.75, 3.05) is 19.8 Å². The van der Waals surface area contributed by atoms with Gasteiger partial charge in [-0.15, -0.1) is 0 Å². The van der Waals surface area contributed by atoms with Crippen molar-refractivity contribution < 1.29 is 27.8 Å². The van der Waals surface area contributed by atoms with E-state index in [0.29, 0.717) is 12.2 Å². The number of halogens is 3. The lowest BCUT2D eigenvalue weighted by molar-refractivity contribution is -0.175. The summed E-state index contributed by atoms with van der Waals surface area (Å²) in [7, 11) is 0. The van der Waals surface area contributed by atoms with E-state index in [0.717, 1.165) is 17.5 Å². The van der Waals surface area contributed by atoms with Gasteiger partial charge in [0.25, 0.3) is 0 Å². The first-order valence-electron chi connectivity index (χ1n) is 6.04. The first-order valence-corrected chi connectivity index (χ1v) is 6.04. The molecule has 3 nitrogen and oxygen atoms in total. The average Bonchev–Trinajstić information content (AvgIpc) is 2.69. The minimum atomic E-state index is -4.30. The van der Waals surface area contributed by atoms with Gasteiger partial charge in [0.2, 0.25) is 0 Å². The summed E-state index contributed by atoms with van der Waals surface area (Å²) in [5.41, 5.74) is 1.93. The molecule has 0 heterocycles. The molecule has 0 fully saturated rings. The van der Waals surface area contributed by atoms with Gasteiger partial charge in [-0.2, -0.15) is 13.2 Å². The largest absolute Gasteiger partial charge is 0.491 e. The van der Waals surface area contributed by atoms with E-state index < -0.39 is 18.9 Å². The second kappa shape index (κ2) is 5.79. The molecule has 0 radical (unpaired) electrons. The predicted molar refractivity (Wildman–Crippen MR) is 62.1 cm³/mol. The number of alkyl halides is 3. The van der Waals surface area contributed by atoms with Gasteiger partial charge < -0.3 is 14.6 Å². The molecule has 0 saturated heterocycles. The number of aryl methyl sites for hydroxylation is 1. The van der Waals surface area contributed by atoms with Crippen LogP contribution in [0.3, 0.4) is 0 Å². The Morgan fingerprint density at radius 1 is 1.26 bits per heavy atom. The van der Waals surface area contributed by atoms with Gasteiger partial charge in [-0.1, -0.05) is 6.07 Å². The highest BCUT2D eigenvalue weighted by Crippen LogP contribution is 2.33. The molecule has 1 aromatic carbocycles. The molecular formula is C13H15F3O3. The standard InChI is InChI=1S/C13H15F3O3/c14-13(15,16)8-18-5-6-19-10-2-3-11-9(7-10)1-4-12(11)17/h2-3,7,12,17H,1,4-6,8H2/t12-/m1/s1. The van der Waals surface area contributed by atoms with Crippen molar-refractivity contribution in [1.29, 1.82) is 0 Å². The second-order valence-electron chi connectivity index (χ2n) is 4.43. The number of aliphatic hydroxyl groups is 1. The Hall–Kier alpha value is -1.27. The first kappa shape index (κ1) is 14.1. The van der Waals surface area contributed by atoms with Crippen LogP contribution in [0.15, 0.2) is 18.2 Å². The molecule has 0 spiro atoms. The van der Waals surface area contributed by atoms with Gasteiger partial charge in [0.1, 0.15) is 19.0 Å². The summed E-state index contributed by atoms with van der Waals surface area (Å²) in [5.74, 6) is 0.587. The maximum Gasteiger partial charge on any atom is 0.411 e. The number of ether oxygens (including phenoxy) is 2. The Morgan fingerprint density at radius 3 is 2.79 bits per heavy atom. The van der Waals surface area contributed by atoms with Gasteiger partial charge in [0.15, 0.2) is 0 Å². The van der Waals surface area contributed by atoms with Gasteiger partial charge in [-0.3, -0.25) is 0 Å². The third-order valence-electron chi connectivity index (χ3n) is 2.92. The van der Waals surface area contributed by atoms with Crippen molar-refractivity contribution in [2.24, 2.45) is 0 Å². The van der Waals surface area contributed by atoms with E-state index >= 15 is 0 Å². The Bertz CT molecular complexity index is 432. The lowest BCUT2D eigenvalue weighted by Crippen LogP contribution is -2.19. The minimum Gasteiger partial charge on any atom is -0.491 e. The molecule has 1 aliphatic carbocycles. The van der Waals surface area contributed by atoms with Crippen LogP contribution < -0.4 is 4.74 Å². The molecular weight excluding hydrogens is 261 g/mol. The van der Waals surface area contributed by atoms with E-state index in [-0.39, 0.29) is 13.2 Å². The Kier molecular flexibility index (Phi) is 4.31. The maximum absolute atomic E-state index is 11.8. The Labute approximate surface area is 108 Å². The van der Waals surface area contributed by atoms with Crippen LogP contribution in [0.25, 0.3) is 0 Å². The van der Waals surface area contributed by atoms with Crippen molar-refractivity contribution in [3.05, 3.63) is 29.3 Å². The van der Waals surface area contributed by atoms with Crippen molar-refractivity contribution in [2.45, 2.75) is 25.1 Å². The third kappa shape index (κ3) is 4.11. The van der Waals surface area contributed by atoms with Crippen molar-refractivity contribution in [1.82, 2.24) is 0 Å². The van der Waals surface area contributed by atoms with Crippen molar-refractivity contribution >= 4 is 0 Å². The van der Waals surface area contributed by atoms with Gasteiger partial charge in [-0.25, -0.2) is 0 Å². The lowest BCUT2D eigenvalue weighted by atomic mass is 10.1. The molecule has 2 rings (SSSR count). The molecule has 106 valence electrons. The summed E-state index contributed by atoms with van der Waals surface area (Å²) in [6, 6.07) is 5.31. The smallest absolute Gasteiger partial charge is 0.411 e. The van der Waals surface area contributed by atoms with Crippen LogP contribution in [-0.4, -0.2) is 31.1 Å². The number of fused-ring (bicyclic) bond motifs is 1. The van der Waals surface area contributed by atoms with Crippen LogP contribution in [-0.2, 0) is 11.2 Å². The Morgan fingerprint density at radius 2 is 2.05 bits per heavy atom. The Balaban J connectivity index is 1.75. The highest BCUT2D eigenvalue weighted by Gasteiger charge is 2.27. The lowest BCUT2D eigenvalue weighted by Gasteiger charge is -2.10. The molecule has 1 aliphatic rings. The molecule has 0 aromatic heterocycles. The monoisotopic (exact) mass is 276 g/mol. The summed E-state index contributed by atoms with van der Waals surface area (Å²) < 4.78 is 45.2. The molecule has 0 saturated carbocycles. The van der Waals surface area contributed by atoms with Crippen LogP contribution in [0.5, 0.6) is 5.75 Å². The minimum absolute atomic E-state index is 0.0669. The number of hydrogen-bond donors (Lipinski definition) is 1. The molecule has 1 atom stereocenters. The predicted octanol–water partition coefficient (Wildman–Crippen LogP) is 2.62. The number of benzene rings is 1. The molecule has 6 heteroatoms. The van der Waals surface area contributed by atoms with Gasteiger partial charge in [-0.05, 0) is 36.1 Å². The normalized spacial score (nSPS) is 18.4. The van der Waals surface area contributed by atoms with E-state index in [1.54, 1.807) is 12.1 Å². The van der Waals surface area contributed by atoms with Crippen LogP contribution >= 0.6 is 0 Å². The van der Waals surface area contributed by atoms with Crippen molar-refractivity contribution in [3.63, 3.8) is 0 Å². The molecule has 0 bridgehead atoms. The summed E-state index contributed by atoms with van der Waals surface area (Å²) in [5, 5.41) is 9.63. The fourth-order valence-electron chi connectivity index (χ4n) is 2.07. The SMILES string of the molecule is O[C@@H]1CCc2cc(OCCOCC(F)(F)F)ccc21. The third-order valence-corrected chi connectivity index (χ3v) is 2.92. The van der Waals surface area contributed by atoms with Gasteiger partial charge in [0.05, 0.1) is 12.7 Å². The van der Waals surface area contributed by atoms with E-state index in [1.807, 2.05) is 6.07 Å². The summed E-state index contributed by atoms with van der Waals surface area (Å²) in [6.07, 6.45) is -3.23. The quantitative estimate of drug-likeness (QED) is 0.840. The second-order valence-corrected chi connectivity index (χ2v) is 4.43. The van der Waals surface area contributed by atoms with Crippen LogP contribution in [0.4, 0.5) is 13.2 Å². The van der Waals surface area contributed by atoms with Crippen LogP contribution in [0, 0.1) is 0 Å². The van der Waals surface area contributed by atoms with Crippen molar-refractivity contribution in [3.8, 4) is 5.75 Å². The highest BCUT2D eigenvalue weighted by atomic mass is 19.4. The average molecular weight is 276 g/mol. The molecule has 0 aliphatic heterocycles. The fourth-order valence-corrected chi connectivity index (χ4v) is 2.07. The number of hydrogen-bond acceptors (Lipinski definition) is 3. The molecule has 0 unspecified atom stereocenters. The topological polar surface area (TPSA) is 38.7 Å². The van der Waals surface area contributed by atoms with Gasteiger partial charge >= 0.3 is 6.18 Å². The zero-order chi connectivity index (χ0) is 13.9. The molecule has 1 aromatic rings. The number of rotatable bonds is 5. The van der Waals surface area contributed by atoms with Crippen LogP contribution in [0.2, 0.25) is 0 Å². The first-order chi connectivity index (χ1) is 8.96. The maximum atomic E-state index is 11.8. The van der Waals surface area contributed by atoms with E-state index in [4.69, 9.17) is 4.74 Å². The van der Waals surface area contributed by atoms with Gasteiger partial charge in [0, 0.05) is 0 Å². The zero-order valence-corrected chi connectivity index (χ0v) is 10.2. The zero-order valence-electron chi connectivity index (χ0n) is 10.2. The van der Waals surface area contributed by atoms with Crippen LogP contribution in [0.1, 0.15) is 23.7 Å². The van der Waals surface area contributed by atoms with E-state index in [1.165, 1.54) is 0 Å². The fraction of sp³-hybridized carbons (Fsp3) is 0.538. The highest BCUT2D eigenvalue weighted by molar-refractivity contribution is 5.39. The summed E-state index contributed by atoms with van der Waals surface area (Å²) in [6.45, 7) is -1.30. The molecule has 0 amide bonds.